The number of halogens is 1. The highest BCUT2D eigenvalue weighted by Gasteiger charge is 2.46. The van der Waals surface area contributed by atoms with Crippen molar-refractivity contribution in [2.45, 2.75) is 51.1 Å². The Morgan fingerprint density at radius 2 is 1.95 bits per heavy atom. The van der Waals surface area contributed by atoms with Crippen LogP contribution in [-0.2, 0) is 7.05 Å². The van der Waals surface area contributed by atoms with Gasteiger partial charge in [-0.15, -0.1) is 5.10 Å². The van der Waals surface area contributed by atoms with Crippen LogP contribution in [0.15, 0.2) is 4.60 Å². The van der Waals surface area contributed by atoms with E-state index in [2.05, 4.69) is 50.3 Å². The Morgan fingerprint density at radius 3 is 2.35 bits per heavy atom. The SMILES string of the molecule is CCN(CC)C1(C(NC)c2c(Br)nnn2C)CCCC1. The molecule has 1 N–H and O–H groups in total. The first-order chi connectivity index (χ1) is 9.60. The van der Waals surface area contributed by atoms with Gasteiger partial charge in [-0.2, -0.15) is 0 Å². The number of hydrogen-bond donors (Lipinski definition) is 1. The summed E-state index contributed by atoms with van der Waals surface area (Å²) in [6, 6.07) is 0.249. The van der Waals surface area contributed by atoms with E-state index in [1.807, 2.05) is 18.8 Å². The first kappa shape index (κ1) is 15.9. The Morgan fingerprint density at radius 1 is 1.35 bits per heavy atom. The minimum absolute atomic E-state index is 0.177. The molecule has 1 atom stereocenters. The molecule has 0 spiro atoms. The molecule has 1 aliphatic rings. The van der Waals surface area contributed by atoms with Crippen molar-refractivity contribution in [1.29, 1.82) is 0 Å². The van der Waals surface area contributed by atoms with E-state index in [0.717, 1.165) is 23.4 Å². The second-order valence-electron chi connectivity index (χ2n) is 5.59. The molecule has 0 aromatic carbocycles. The number of nitrogens with one attached hydrogen (secondary N) is 1. The second-order valence-corrected chi connectivity index (χ2v) is 6.34. The molecule has 0 aliphatic heterocycles. The summed E-state index contributed by atoms with van der Waals surface area (Å²) >= 11 is 3.57. The molecule has 0 bridgehead atoms. The summed E-state index contributed by atoms with van der Waals surface area (Å²) in [5, 5.41) is 11.9. The van der Waals surface area contributed by atoms with Crippen LogP contribution in [0.25, 0.3) is 0 Å². The molecule has 1 unspecified atom stereocenters. The van der Waals surface area contributed by atoms with Gasteiger partial charge in [0.25, 0.3) is 0 Å². The number of aromatic nitrogens is 3. The Kier molecular flexibility index (Phi) is 5.20. The van der Waals surface area contributed by atoms with Crippen molar-refractivity contribution in [3.05, 3.63) is 10.3 Å². The van der Waals surface area contributed by atoms with Crippen molar-refractivity contribution in [1.82, 2.24) is 25.2 Å². The van der Waals surface area contributed by atoms with Crippen LogP contribution >= 0.6 is 15.9 Å². The smallest absolute Gasteiger partial charge is 0.153 e. The normalized spacial score (nSPS) is 19.7. The largest absolute Gasteiger partial charge is 0.310 e. The van der Waals surface area contributed by atoms with E-state index in [-0.39, 0.29) is 11.6 Å². The lowest BCUT2D eigenvalue weighted by Gasteiger charge is -2.46. The van der Waals surface area contributed by atoms with Gasteiger partial charge >= 0.3 is 0 Å². The molecular weight excluding hydrogens is 318 g/mol. The lowest BCUT2D eigenvalue weighted by molar-refractivity contribution is 0.0623. The van der Waals surface area contributed by atoms with Gasteiger partial charge in [0.1, 0.15) is 0 Å². The van der Waals surface area contributed by atoms with Crippen molar-refractivity contribution in [3.8, 4) is 0 Å². The first-order valence-electron chi connectivity index (χ1n) is 7.58. The number of rotatable bonds is 6. The van der Waals surface area contributed by atoms with Crippen LogP contribution in [0.1, 0.15) is 51.3 Å². The van der Waals surface area contributed by atoms with E-state index in [1.54, 1.807) is 0 Å². The molecule has 6 heteroatoms. The predicted octanol–water partition coefficient (Wildman–Crippen LogP) is 2.49. The van der Waals surface area contributed by atoms with Crippen molar-refractivity contribution >= 4 is 15.9 Å². The Bertz CT molecular complexity index is 415. The molecule has 0 radical (unpaired) electrons. The van der Waals surface area contributed by atoms with E-state index in [9.17, 15) is 0 Å². The van der Waals surface area contributed by atoms with E-state index in [1.165, 1.54) is 25.7 Å². The zero-order valence-electron chi connectivity index (χ0n) is 13.0. The second kappa shape index (κ2) is 6.54. The lowest BCUT2D eigenvalue weighted by atomic mass is 9.84. The monoisotopic (exact) mass is 343 g/mol. The minimum atomic E-state index is 0.177. The average molecular weight is 344 g/mol. The van der Waals surface area contributed by atoms with Crippen molar-refractivity contribution in [2.24, 2.45) is 7.05 Å². The highest BCUT2D eigenvalue weighted by molar-refractivity contribution is 9.10. The molecule has 0 saturated heterocycles. The third-order valence-electron chi connectivity index (χ3n) is 4.79. The highest BCUT2D eigenvalue weighted by atomic mass is 79.9. The van der Waals surface area contributed by atoms with Gasteiger partial charge in [-0.1, -0.05) is 31.9 Å². The van der Waals surface area contributed by atoms with Crippen molar-refractivity contribution < 1.29 is 0 Å². The predicted molar refractivity (Wildman–Crippen MR) is 84.6 cm³/mol. The summed E-state index contributed by atoms with van der Waals surface area (Å²) in [6.07, 6.45) is 5.07. The Balaban J connectivity index is 2.46. The summed E-state index contributed by atoms with van der Waals surface area (Å²) in [6.45, 7) is 6.68. The average Bonchev–Trinajstić information content (AvgIpc) is 3.04. The van der Waals surface area contributed by atoms with Crippen LogP contribution in [0.5, 0.6) is 0 Å². The molecule has 5 nitrogen and oxygen atoms in total. The third-order valence-corrected chi connectivity index (χ3v) is 5.35. The van der Waals surface area contributed by atoms with Gasteiger partial charge in [-0.25, -0.2) is 4.68 Å². The maximum atomic E-state index is 4.17. The summed E-state index contributed by atoms with van der Waals surface area (Å²) in [4.78, 5) is 2.61. The molecule has 2 rings (SSSR count). The molecular formula is C14H26BrN5. The van der Waals surface area contributed by atoms with Gasteiger partial charge in [-0.3, -0.25) is 4.90 Å². The third kappa shape index (κ3) is 2.53. The van der Waals surface area contributed by atoms with Crippen LogP contribution in [0.4, 0.5) is 0 Å². The van der Waals surface area contributed by atoms with E-state index < -0.39 is 0 Å². The molecule has 1 aromatic rings. The van der Waals surface area contributed by atoms with E-state index in [4.69, 9.17) is 0 Å². The maximum Gasteiger partial charge on any atom is 0.153 e. The maximum absolute atomic E-state index is 4.17. The fraction of sp³-hybridized carbons (Fsp3) is 0.857. The molecule has 1 saturated carbocycles. The topological polar surface area (TPSA) is 46.0 Å². The van der Waals surface area contributed by atoms with Crippen molar-refractivity contribution in [3.63, 3.8) is 0 Å². The summed E-state index contributed by atoms with van der Waals surface area (Å²) in [7, 11) is 4.02. The number of hydrogen-bond acceptors (Lipinski definition) is 4. The fourth-order valence-electron chi connectivity index (χ4n) is 3.93. The number of likely N-dealkylation sites (N-methyl/N-ethyl adjacent to an activating group) is 2. The molecule has 114 valence electrons. The lowest BCUT2D eigenvalue weighted by Crippen LogP contribution is -2.55. The van der Waals surface area contributed by atoms with Crippen molar-refractivity contribution in [2.75, 3.05) is 20.1 Å². The molecule has 1 heterocycles. The Hall–Kier alpha value is -0.460. The molecule has 20 heavy (non-hydrogen) atoms. The first-order valence-corrected chi connectivity index (χ1v) is 8.37. The summed E-state index contributed by atoms with van der Waals surface area (Å²) in [5.41, 5.74) is 1.33. The molecule has 1 fully saturated rings. The standard InChI is InChI=1S/C14H26BrN5/c1-5-20(6-2)14(9-7-8-10-14)12(16-3)11-13(15)17-18-19(11)4/h12,16H,5-10H2,1-4H3. The van der Waals surface area contributed by atoms with Gasteiger partial charge in [-0.05, 0) is 48.9 Å². The number of aryl methyl sites for hydroxylation is 1. The molecule has 1 aromatic heterocycles. The zero-order chi connectivity index (χ0) is 14.8. The summed E-state index contributed by atoms with van der Waals surface area (Å²) in [5.74, 6) is 0. The van der Waals surface area contributed by atoms with E-state index >= 15 is 0 Å². The molecule has 1 aliphatic carbocycles. The Labute approximate surface area is 130 Å². The van der Waals surface area contributed by atoms with Crippen LogP contribution in [0.2, 0.25) is 0 Å². The van der Waals surface area contributed by atoms with Crippen LogP contribution < -0.4 is 5.32 Å². The van der Waals surface area contributed by atoms with Crippen LogP contribution in [0.3, 0.4) is 0 Å². The van der Waals surface area contributed by atoms with Gasteiger partial charge in [0.15, 0.2) is 4.60 Å². The van der Waals surface area contributed by atoms with Crippen LogP contribution in [0, 0.1) is 0 Å². The minimum Gasteiger partial charge on any atom is -0.310 e. The van der Waals surface area contributed by atoms with Gasteiger partial charge in [0, 0.05) is 12.6 Å². The highest BCUT2D eigenvalue weighted by Crippen LogP contribution is 2.45. The van der Waals surface area contributed by atoms with Gasteiger partial charge in [0.2, 0.25) is 0 Å². The number of nitrogens with zero attached hydrogens (tertiary/aromatic N) is 4. The van der Waals surface area contributed by atoms with Gasteiger partial charge < -0.3 is 5.32 Å². The quantitative estimate of drug-likeness (QED) is 0.861. The van der Waals surface area contributed by atoms with E-state index in [0.29, 0.717) is 0 Å². The summed E-state index contributed by atoms with van der Waals surface area (Å²) < 4.78 is 2.76. The van der Waals surface area contributed by atoms with Gasteiger partial charge in [0.05, 0.1) is 11.7 Å². The molecule has 0 amide bonds. The fourth-order valence-corrected chi connectivity index (χ4v) is 4.49. The van der Waals surface area contributed by atoms with Crippen LogP contribution in [-0.4, -0.2) is 45.6 Å². The zero-order valence-corrected chi connectivity index (χ0v) is 14.6.